The van der Waals surface area contributed by atoms with E-state index in [2.05, 4.69) is 0 Å². The minimum Gasteiger partial charge on any atom is -0.481 e. The standard InChI is InChI=1S/C31H29NO5S/c1-22-19-26(13-18-30(22)25-11-14-28(15-12-25)37-27-5-3-2-4-6-27)32(38(35,36)29-16-17-29)21-24-9-7-23(8-10-24)20-31(33)34/h2-15,18-19,29H,16-17,20-21H2,1H3,(H,33,34). The van der Waals surface area contributed by atoms with Gasteiger partial charge in [-0.1, -0.05) is 60.7 Å². The Kier molecular flexibility index (Phi) is 7.20. The van der Waals surface area contributed by atoms with E-state index in [0.29, 0.717) is 24.1 Å². The molecule has 1 aliphatic carbocycles. The van der Waals surface area contributed by atoms with Crippen LogP contribution in [0.1, 0.15) is 29.5 Å². The highest BCUT2D eigenvalue weighted by Crippen LogP contribution is 2.37. The Labute approximate surface area is 223 Å². The van der Waals surface area contributed by atoms with Crippen LogP contribution < -0.4 is 9.04 Å². The van der Waals surface area contributed by atoms with Crippen molar-refractivity contribution in [2.45, 2.75) is 38.0 Å². The van der Waals surface area contributed by atoms with Crippen LogP contribution in [-0.4, -0.2) is 24.7 Å². The molecule has 1 aliphatic rings. The minimum atomic E-state index is -3.52. The molecule has 0 radical (unpaired) electrons. The number of carboxylic acids is 1. The number of ether oxygens (including phenoxy) is 1. The van der Waals surface area contributed by atoms with Crippen LogP contribution in [0.2, 0.25) is 0 Å². The average molecular weight is 528 g/mol. The predicted molar refractivity (Wildman–Crippen MR) is 149 cm³/mol. The molecule has 6 nitrogen and oxygen atoms in total. The molecule has 194 valence electrons. The second-order valence-corrected chi connectivity index (χ2v) is 11.7. The molecule has 38 heavy (non-hydrogen) atoms. The lowest BCUT2D eigenvalue weighted by Crippen LogP contribution is -2.33. The van der Waals surface area contributed by atoms with Crippen molar-refractivity contribution in [3.63, 3.8) is 0 Å². The topological polar surface area (TPSA) is 83.9 Å². The first-order valence-electron chi connectivity index (χ1n) is 12.5. The van der Waals surface area contributed by atoms with E-state index < -0.39 is 16.0 Å². The maximum absolute atomic E-state index is 13.4. The maximum Gasteiger partial charge on any atom is 0.307 e. The predicted octanol–water partition coefficient (Wildman–Crippen LogP) is 6.58. The van der Waals surface area contributed by atoms with Gasteiger partial charge >= 0.3 is 5.97 Å². The molecule has 0 amide bonds. The van der Waals surface area contributed by atoms with Gasteiger partial charge < -0.3 is 9.84 Å². The highest BCUT2D eigenvalue weighted by molar-refractivity contribution is 7.93. The first-order chi connectivity index (χ1) is 18.3. The number of hydrogen-bond acceptors (Lipinski definition) is 4. The quantitative estimate of drug-likeness (QED) is 0.252. The minimum absolute atomic E-state index is 0.0651. The van der Waals surface area contributed by atoms with Crippen molar-refractivity contribution in [1.29, 1.82) is 0 Å². The molecule has 0 heterocycles. The molecule has 0 aliphatic heterocycles. The third-order valence-corrected chi connectivity index (χ3v) is 8.87. The van der Waals surface area contributed by atoms with Crippen molar-refractivity contribution < 1.29 is 23.1 Å². The van der Waals surface area contributed by atoms with Gasteiger partial charge in [-0.05, 0) is 84.0 Å². The van der Waals surface area contributed by atoms with Gasteiger partial charge in [-0.15, -0.1) is 0 Å². The summed E-state index contributed by atoms with van der Waals surface area (Å²) in [5.74, 6) is 0.615. The van der Waals surface area contributed by atoms with Crippen molar-refractivity contribution >= 4 is 21.7 Å². The SMILES string of the molecule is Cc1cc(N(Cc2ccc(CC(=O)O)cc2)S(=O)(=O)C2CC2)ccc1-c1ccc(Oc2ccccc2)cc1. The van der Waals surface area contributed by atoms with E-state index in [-0.39, 0.29) is 18.2 Å². The number of carbonyl (C=O) groups is 1. The van der Waals surface area contributed by atoms with Gasteiger partial charge in [0, 0.05) is 0 Å². The Morgan fingerprint density at radius 2 is 1.50 bits per heavy atom. The van der Waals surface area contributed by atoms with Crippen LogP contribution in [-0.2, 0) is 27.8 Å². The summed E-state index contributed by atoms with van der Waals surface area (Å²) in [6.45, 7) is 2.17. The van der Waals surface area contributed by atoms with Crippen molar-refractivity contribution in [3.8, 4) is 22.6 Å². The fraction of sp³-hybridized carbons (Fsp3) is 0.194. The third kappa shape index (κ3) is 5.89. The molecule has 4 aromatic rings. The van der Waals surface area contributed by atoms with E-state index in [1.54, 1.807) is 24.3 Å². The summed E-state index contributed by atoms with van der Waals surface area (Å²) in [6.07, 6.45) is 1.28. The van der Waals surface area contributed by atoms with Gasteiger partial charge in [0.15, 0.2) is 0 Å². The molecule has 1 N–H and O–H groups in total. The molecule has 0 unspecified atom stereocenters. The van der Waals surface area contributed by atoms with Crippen LogP contribution in [0.15, 0.2) is 97.1 Å². The van der Waals surface area contributed by atoms with E-state index in [1.165, 1.54) is 4.31 Å². The molecule has 0 saturated heterocycles. The van der Waals surface area contributed by atoms with Crippen molar-refractivity contribution in [2.75, 3.05) is 4.31 Å². The summed E-state index contributed by atoms with van der Waals surface area (Å²) in [5, 5.41) is 8.66. The number of rotatable bonds is 10. The maximum atomic E-state index is 13.4. The number of para-hydroxylation sites is 1. The zero-order valence-electron chi connectivity index (χ0n) is 21.1. The summed E-state index contributed by atoms with van der Waals surface area (Å²) in [7, 11) is -3.52. The van der Waals surface area contributed by atoms with Crippen LogP contribution >= 0.6 is 0 Å². The van der Waals surface area contributed by atoms with Gasteiger partial charge in [0.25, 0.3) is 0 Å². The van der Waals surface area contributed by atoms with Gasteiger partial charge in [-0.2, -0.15) is 0 Å². The normalized spacial score (nSPS) is 13.2. The smallest absolute Gasteiger partial charge is 0.307 e. The van der Waals surface area contributed by atoms with E-state index in [4.69, 9.17) is 9.84 Å². The van der Waals surface area contributed by atoms with Gasteiger partial charge in [0.2, 0.25) is 10.0 Å². The monoisotopic (exact) mass is 527 g/mol. The van der Waals surface area contributed by atoms with E-state index in [0.717, 1.165) is 33.8 Å². The van der Waals surface area contributed by atoms with E-state index >= 15 is 0 Å². The molecular weight excluding hydrogens is 498 g/mol. The highest BCUT2D eigenvalue weighted by atomic mass is 32.2. The number of sulfonamides is 1. The largest absolute Gasteiger partial charge is 0.481 e. The number of aliphatic carboxylic acids is 1. The molecule has 0 aromatic heterocycles. The van der Waals surface area contributed by atoms with E-state index in [9.17, 15) is 13.2 Å². The Morgan fingerprint density at radius 1 is 0.868 bits per heavy atom. The summed E-state index contributed by atoms with van der Waals surface area (Å²) < 4.78 is 34.2. The molecular formula is C31H29NO5S. The Hall–Kier alpha value is -4.10. The number of anilines is 1. The van der Waals surface area contributed by atoms with Crippen molar-refractivity contribution in [2.24, 2.45) is 0 Å². The van der Waals surface area contributed by atoms with Crippen LogP contribution in [0, 0.1) is 6.92 Å². The number of hydrogen-bond donors (Lipinski definition) is 1. The third-order valence-electron chi connectivity index (χ3n) is 6.60. The molecule has 0 atom stereocenters. The number of benzene rings is 4. The van der Waals surface area contributed by atoms with Gasteiger partial charge in [-0.25, -0.2) is 8.42 Å². The summed E-state index contributed by atoms with van der Waals surface area (Å²) in [5.41, 5.74) is 5.10. The first kappa shape index (κ1) is 25.5. The molecule has 0 bridgehead atoms. The van der Waals surface area contributed by atoms with E-state index in [1.807, 2.05) is 79.7 Å². The average Bonchev–Trinajstić information content (AvgIpc) is 3.76. The van der Waals surface area contributed by atoms with Crippen LogP contribution in [0.4, 0.5) is 5.69 Å². The molecule has 1 fully saturated rings. The zero-order valence-corrected chi connectivity index (χ0v) is 21.9. The summed E-state index contributed by atoms with van der Waals surface area (Å²) in [6, 6.07) is 30.3. The summed E-state index contributed by atoms with van der Waals surface area (Å²) in [4.78, 5) is 11.0. The van der Waals surface area contributed by atoms with Crippen LogP contribution in [0.3, 0.4) is 0 Å². The van der Waals surface area contributed by atoms with Gasteiger partial charge in [0.1, 0.15) is 11.5 Å². The number of aryl methyl sites for hydroxylation is 1. The number of carboxylic acid groups (broad SMARTS) is 1. The Balaban J connectivity index is 1.39. The Morgan fingerprint density at radius 3 is 2.11 bits per heavy atom. The molecule has 5 rings (SSSR count). The van der Waals surface area contributed by atoms with Crippen LogP contribution in [0.5, 0.6) is 11.5 Å². The molecule has 1 saturated carbocycles. The molecule has 7 heteroatoms. The molecule has 0 spiro atoms. The van der Waals surface area contributed by atoms with Gasteiger partial charge in [-0.3, -0.25) is 9.10 Å². The van der Waals surface area contributed by atoms with Crippen molar-refractivity contribution in [3.05, 3.63) is 114 Å². The molecule has 4 aromatic carbocycles. The lowest BCUT2D eigenvalue weighted by Gasteiger charge is -2.26. The Bertz CT molecular complexity index is 1530. The fourth-order valence-corrected chi connectivity index (χ4v) is 6.26. The van der Waals surface area contributed by atoms with Gasteiger partial charge in [0.05, 0.1) is 23.9 Å². The summed E-state index contributed by atoms with van der Waals surface area (Å²) >= 11 is 0. The zero-order chi connectivity index (χ0) is 26.7. The second-order valence-electron chi connectivity index (χ2n) is 9.58. The highest BCUT2D eigenvalue weighted by Gasteiger charge is 2.40. The lowest BCUT2D eigenvalue weighted by molar-refractivity contribution is -0.136. The fourth-order valence-electron chi connectivity index (χ4n) is 4.43. The number of nitrogens with zero attached hydrogens (tertiary/aromatic N) is 1. The second kappa shape index (κ2) is 10.7. The van der Waals surface area contributed by atoms with Crippen molar-refractivity contribution in [1.82, 2.24) is 0 Å². The first-order valence-corrected chi connectivity index (χ1v) is 14.0. The lowest BCUT2D eigenvalue weighted by atomic mass is 10.00. The van der Waals surface area contributed by atoms with Crippen LogP contribution in [0.25, 0.3) is 11.1 Å².